The van der Waals surface area contributed by atoms with Crippen molar-refractivity contribution in [3.05, 3.63) is 102 Å². The fourth-order valence-electron chi connectivity index (χ4n) is 2.97. The van der Waals surface area contributed by atoms with Gasteiger partial charge >= 0.3 is 0 Å². The van der Waals surface area contributed by atoms with Gasteiger partial charge in [0.15, 0.2) is 0 Å². The van der Waals surface area contributed by atoms with Crippen molar-refractivity contribution in [1.29, 1.82) is 0 Å². The second-order valence-electron chi connectivity index (χ2n) is 5.28. The third-order valence-corrected chi connectivity index (χ3v) is 9.85. The van der Waals surface area contributed by atoms with E-state index in [1.54, 1.807) is 11.8 Å². The third kappa shape index (κ3) is 3.30. The molecule has 0 amide bonds. The summed E-state index contributed by atoms with van der Waals surface area (Å²) < 4.78 is 1.24. The van der Waals surface area contributed by atoms with E-state index >= 15 is 0 Å². The first-order valence-corrected chi connectivity index (χ1v) is 10.6. The number of hydrogen-bond acceptors (Lipinski definition) is 1. The van der Waals surface area contributed by atoms with Gasteiger partial charge in [-0.1, -0.05) is 66.4 Å². The number of halogens is 1. The van der Waals surface area contributed by atoms with Crippen molar-refractivity contribution in [3.63, 3.8) is 0 Å². The minimum Gasteiger partial charge on any atom is -1.00 e. The number of hydrogen-bond donors (Lipinski definition) is 0. The minimum absolute atomic E-state index is 0. The van der Waals surface area contributed by atoms with Crippen LogP contribution in [-0.4, -0.2) is 6.26 Å². The summed E-state index contributed by atoms with van der Waals surface area (Å²) in [6, 6.07) is 32.5. The molecule has 0 nitrogen and oxygen atoms in total. The third-order valence-electron chi connectivity index (χ3n) is 4.04. The van der Waals surface area contributed by atoms with Crippen molar-refractivity contribution in [2.24, 2.45) is 0 Å². The smallest absolute Gasteiger partial charge is 0.150 e. The zero-order chi connectivity index (χ0) is 16.1. The summed E-state index contributed by atoms with van der Waals surface area (Å²) >= 11 is 1.77. The molecule has 3 heteroatoms. The molecular formula is C21H20ClPS. The first kappa shape index (κ1) is 18.8. The Hall–Kier alpha value is -1.53. The lowest BCUT2D eigenvalue weighted by Crippen LogP contribution is -3.00. The van der Waals surface area contributed by atoms with E-state index in [2.05, 4.69) is 104 Å². The molecule has 0 spiro atoms. The number of thioether (sulfide) groups is 1. The Morgan fingerprint density at radius 1 is 0.667 bits per heavy atom. The van der Waals surface area contributed by atoms with Gasteiger partial charge in [0.25, 0.3) is 0 Å². The highest BCUT2D eigenvalue weighted by molar-refractivity contribution is 8.18. The van der Waals surface area contributed by atoms with Gasteiger partial charge < -0.3 is 12.4 Å². The second kappa shape index (κ2) is 8.53. The lowest BCUT2D eigenvalue weighted by Gasteiger charge is -2.27. The van der Waals surface area contributed by atoms with Crippen LogP contribution >= 0.6 is 19.0 Å². The van der Waals surface area contributed by atoms with Crippen LogP contribution in [0.25, 0.3) is 0 Å². The Bertz CT molecular complexity index is 676. The van der Waals surface area contributed by atoms with Crippen LogP contribution in [0, 0.1) is 0 Å². The molecule has 3 aromatic rings. The summed E-state index contributed by atoms with van der Waals surface area (Å²) in [4.78, 5) is 0. The predicted molar refractivity (Wildman–Crippen MR) is 108 cm³/mol. The monoisotopic (exact) mass is 370 g/mol. The van der Waals surface area contributed by atoms with E-state index in [1.807, 2.05) is 0 Å². The van der Waals surface area contributed by atoms with Crippen molar-refractivity contribution < 1.29 is 12.4 Å². The molecule has 0 saturated heterocycles. The van der Waals surface area contributed by atoms with E-state index in [4.69, 9.17) is 0 Å². The topological polar surface area (TPSA) is 0 Å². The van der Waals surface area contributed by atoms with Gasteiger partial charge in [-0.15, -0.1) is 0 Å². The number of rotatable bonds is 5. The average Bonchev–Trinajstić information content (AvgIpc) is 2.65. The molecule has 0 saturated carbocycles. The summed E-state index contributed by atoms with van der Waals surface area (Å²) in [6.07, 6.45) is 2.13. The first-order valence-electron chi connectivity index (χ1n) is 7.59. The minimum atomic E-state index is -1.88. The summed E-state index contributed by atoms with van der Waals surface area (Å²) in [7, 11) is -1.88. The lowest BCUT2D eigenvalue weighted by molar-refractivity contribution is -0.00000440. The van der Waals surface area contributed by atoms with Gasteiger partial charge in [-0.2, -0.15) is 0 Å². The van der Waals surface area contributed by atoms with Crippen molar-refractivity contribution in [2.75, 3.05) is 6.26 Å². The maximum absolute atomic E-state index is 4.49. The number of benzene rings is 3. The molecule has 0 fully saturated rings. The van der Waals surface area contributed by atoms with Crippen LogP contribution in [0.1, 0.15) is 0 Å². The van der Waals surface area contributed by atoms with E-state index in [9.17, 15) is 0 Å². The summed E-state index contributed by atoms with van der Waals surface area (Å²) in [5.74, 6) is 0. The Balaban J connectivity index is 0.00000208. The van der Waals surface area contributed by atoms with Gasteiger partial charge in [0.1, 0.15) is 27.8 Å². The molecule has 0 aromatic heterocycles. The van der Waals surface area contributed by atoms with Crippen LogP contribution in [0.5, 0.6) is 0 Å². The molecule has 3 rings (SSSR count). The fourth-order valence-corrected chi connectivity index (χ4v) is 8.63. The molecule has 24 heavy (non-hydrogen) atoms. The Kier molecular flexibility index (Phi) is 6.69. The van der Waals surface area contributed by atoms with E-state index in [0.717, 1.165) is 0 Å². The van der Waals surface area contributed by atoms with Crippen LogP contribution < -0.4 is 28.3 Å². The Morgan fingerprint density at radius 2 is 0.958 bits per heavy atom. The largest absolute Gasteiger partial charge is 1.00 e. The van der Waals surface area contributed by atoms with Gasteiger partial charge in [0.05, 0.1) is 0 Å². The van der Waals surface area contributed by atoms with Crippen molar-refractivity contribution >= 4 is 34.9 Å². The highest BCUT2D eigenvalue weighted by atomic mass is 35.5. The molecule has 0 aliphatic heterocycles. The quantitative estimate of drug-likeness (QED) is 0.617. The van der Waals surface area contributed by atoms with Crippen LogP contribution in [0.15, 0.2) is 102 Å². The zero-order valence-electron chi connectivity index (χ0n) is 13.6. The van der Waals surface area contributed by atoms with Gasteiger partial charge in [0.2, 0.25) is 0 Å². The average molecular weight is 371 g/mol. The Labute approximate surface area is 155 Å². The van der Waals surface area contributed by atoms with E-state index < -0.39 is 7.26 Å². The molecule has 0 aliphatic carbocycles. The maximum Gasteiger partial charge on any atom is 0.150 e. The van der Waals surface area contributed by atoms with Crippen LogP contribution in [-0.2, 0) is 0 Å². The lowest BCUT2D eigenvalue weighted by atomic mass is 10.4. The van der Waals surface area contributed by atoms with E-state index in [-0.39, 0.29) is 12.4 Å². The van der Waals surface area contributed by atoms with Crippen LogP contribution in [0.4, 0.5) is 0 Å². The highest BCUT2D eigenvalue weighted by Crippen LogP contribution is 2.64. The maximum atomic E-state index is 4.49. The molecule has 0 atom stereocenters. The molecule has 0 bridgehead atoms. The van der Waals surface area contributed by atoms with Crippen LogP contribution in [0.3, 0.4) is 0 Å². The van der Waals surface area contributed by atoms with E-state index in [1.165, 1.54) is 20.6 Å². The highest BCUT2D eigenvalue weighted by Gasteiger charge is 2.48. The first-order chi connectivity index (χ1) is 11.3. The molecule has 0 heterocycles. The molecule has 122 valence electrons. The SMILES string of the molecule is C=C(SC)[P+](c1ccccc1)(c1ccccc1)c1ccccc1.[Cl-]. The molecule has 3 aromatic carbocycles. The fraction of sp³-hybridized carbons (Fsp3) is 0.0476. The second-order valence-corrected chi connectivity index (χ2v) is 9.91. The summed E-state index contributed by atoms with van der Waals surface area (Å²) in [6.45, 7) is 4.49. The van der Waals surface area contributed by atoms with Crippen molar-refractivity contribution in [1.82, 2.24) is 0 Å². The normalized spacial score (nSPS) is 10.7. The van der Waals surface area contributed by atoms with Crippen molar-refractivity contribution in [3.8, 4) is 0 Å². The molecular weight excluding hydrogens is 351 g/mol. The standard InChI is InChI=1S/C21H20PS.ClH/c1-18(23-2)22(19-12-6-3-7-13-19,20-14-8-4-9-15-20)21-16-10-5-11-17-21;/h3-17H,1H2,2H3;1H/q+1;/p-1. The summed E-state index contributed by atoms with van der Waals surface area (Å²) in [5, 5.41) is 4.07. The molecule has 0 radical (unpaired) electrons. The van der Waals surface area contributed by atoms with Gasteiger partial charge in [-0.3, -0.25) is 0 Å². The predicted octanol–water partition coefficient (Wildman–Crippen LogP) is 1.82. The van der Waals surface area contributed by atoms with E-state index in [0.29, 0.717) is 0 Å². The molecule has 0 aliphatic rings. The Morgan fingerprint density at radius 3 is 1.21 bits per heavy atom. The van der Waals surface area contributed by atoms with Crippen molar-refractivity contribution in [2.45, 2.75) is 0 Å². The van der Waals surface area contributed by atoms with Gasteiger partial charge in [-0.25, -0.2) is 0 Å². The van der Waals surface area contributed by atoms with Gasteiger partial charge in [0, 0.05) is 0 Å². The summed E-state index contributed by atoms with van der Waals surface area (Å²) in [5.41, 5.74) is 0. The molecule has 0 N–H and O–H groups in total. The zero-order valence-corrected chi connectivity index (χ0v) is 16.1. The molecule has 0 unspecified atom stereocenters. The van der Waals surface area contributed by atoms with Gasteiger partial charge in [-0.05, 0) is 49.2 Å². The van der Waals surface area contributed by atoms with Crippen LogP contribution in [0.2, 0.25) is 0 Å².